The van der Waals surface area contributed by atoms with Gasteiger partial charge in [0.05, 0.1) is 15.6 Å². The molecule has 3 nitrogen and oxygen atoms in total. The second-order valence-corrected chi connectivity index (χ2v) is 4.95. The summed E-state index contributed by atoms with van der Waals surface area (Å²) in [7, 11) is 1.80. The molecule has 2 rings (SSSR count). The Morgan fingerprint density at radius 3 is 2.88 bits per heavy atom. The number of hydrogen-bond donors (Lipinski definition) is 1. The Balaban J connectivity index is 2.21. The Kier molecular flexibility index (Phi) is 3.92. The van der Waals surface area contributed by atoms with E-state index in [2.05, 4.69) is 5.32 Å². The lowest BCUT2D eigenvalue weighted by Crippen LogP contribution is -2.38. The van der Waals surface area contributed by atoms with Crippen molar-refractivity contribution in [2.24, 2.45) is 0 Å². The molecule has 1 amide bonds. The van der Waals surface area contributed by atoms with E-state index in [0.29, 0.717) is 15.6 Å². The normalized spacial score (nSPS) is 19.4. The van der Waals surface area contributed by atoms with E-state index in [0.717, 1.165) is 19.5 Å². The van der Waals surface area contributed by atoms with Crippen molar-refractivity contribution >= 4 is 29.1 Å². The Labute approximate surface area is 111 Å². The van der Waals surface area contributed by atoms with Crippen LogP contribution in [0.3, 0.4) is 0 Å². The second-order valence-electron chi connectivity index (χ2n) is 4.16. The van der Waals surface area contributed by atoms with Gasteiger partial charge in [0.1, 0.15) is 0 Å². The summed E-state index contributed by atoms with van der Waals surface area (Å²) in [6.07, 6.45) is 0.973. The Morgan fingerprint density at radius 1 is 1.47 bits per heavy atom. The van der Waals surface area contributed by atoms with E-state index in [1.54, 1.807) is 30.1 Å². The van der Waals surface area contributed by atoms with E-state index < -0.39 is 0 Å². The minimum atomic E-state index is -0.0776. The van der Waals surface area contributed by atoms with Crippen LogP contribution in [-0.4, -0.2) is 37.0 Å². The van der Waals surface area contributed by atoms with E-state index in [4.69, 9.17) is 23.2 Å². The molecule has 0 radical (unpaired) electrons. The molecule has 1 fully saturated rings. The van der Waals surface area contributed by atoms with Gasteiger partial charge in [-0.25, -0.2) is 0 Å². The van der Waals surface area contributed by atoms with Crippen LogP contribution in [0.15, 0.2) is 18.2 Å². The number of rotatable bonds is 2. The third-order valence-electron chi connectivity index (χ3n) is 3.08. The van der Waals surface area contributed by atoms with Crippen LogP contribution in [0.25, 0.3) is 0 Å². The van der Waals surface area contributed by atoms with Gasteiger partial charge in [-0.3, -0.25) is 4.79 Å². The summed E-state index contributed by atoms with van der Waals surface area (Å²) < 4.78 is 0. The van der Waals surface area contributed by atoms with Gasteiger partial charge in [0.25, 0.3) is 5.91 Å². The van der Waals surface area contributed by atoms with Crippen molar-refractivity contribution in [2.75, 3.05) is 20.1 Å². The minimum Gasteiger partial charge on any atom is -0.337 e. The molecular formula is C12H14Cl2N2O. The Hall–Kier alpha value is -0.770. The molecule has 0 spiro atoms. The molecule has 1 aliphatic rings. The maximum absolute atomic E-state index is 12.3. The Bertz CT molecular complexity index is 431. The summed E-state index contributed by atoms with van der Waals surface area (Å²) in [5.41, 5.74) is 0.466. The molecule has 1 saturated heterocycles. The maximum Gasteiger partial charge on any atom is 0.255 e. The van der Waals surface area contributed by atoms with Crippen LogP contribution in [-0.2, 0) is 0 Å². The zero-order valence-electron chi connectivity index (χ0n) is 9.54. The molecule has 17 heavy (non-hydrogen) atoms. The number of likely N-dealkylation sites (N-methyl/N-ethyl adjacent to an activating group) is 1. The summed E-state index contributed by atoms with van der Waals surface area (Å²) in [5.74, 6) is -0.0776. The molecule has 5 heteroatoms. The highest BCUT2D eigenvalue weighted by Crippen LogP contribution is 2.27. The highest BCUT2D eigenvalue weighted by molar-refractivity contribution is 6.43. The van der Waals surface area contributed by atoms with E-state index >= 15 is 0 Å². The lowest BCUT2D eigenvalue weighted by molar-refractivity contribution is 0.0744. The summed E-state index contributed by atoms with van der Waals surface area (Å²) in [6, 6.07) is 5.35. The van der Waals surface area contributed by atoms with E-state index in [9.17, 15) is 4.79 Å². The molecule has 92 valence electrons. The predicted molar refractivity (Wildman–Crippen MR) is 69.8 cm³/mol. The molecular weight excluding hydrogens is 259 g/mol. The second kappa shape index (κ2) is 5.25. The van der Waals surface area contributed by atoms with Gasteiger partial charge in [-0.2, -0.15) is 0 Å². The highest BCUT2D eigenvalue weighted by Gasteiger charge is 2.25. The van der Waals surface area contributed by atoms with Crippen LogP contribution in [0, 0.1) is 0 Å². The fourth-order valence-electron chi connectivity index (χ4n) is 1.99. The van der Waals surface area contributed by atoms with Gasteiger partial charge in [-0.15, -0.1) is 0 Å². The molecule has 0 aromatic heterocycles. The van der Waals surface area contributed by atoms with Crippen molar-refractivity contribution in [1.29, 1.82) is 0 Å². The number of carbonyl (C=O) groups is 1. The molecule has 1 atom stereocenters. The molecule has 1 heterocycles. The van der Waals surface area contributed by atoms with Crippen molar-refractivity contribution in [3.05, 3.63) is 33.8 Å². The number of halogens is 2. The predicted octanol–water partition coefficient (Wildman–Crippen LogP) is 2.43. The number of benzene rings is 1. The number of carbonyl (C=O) groups excluding carboxylic acids is 1. The number of nitrogens with zero attached hydrogens (tertiary/aromatic N) is 1. The minimum absolute atomic E-state index is 0.0776. The molecule has 0 unspecified atom stereocenters. The Morgan fingerprint density at radius 2 is 2.24 bits per heavy atom. The van der Waals surface area contributed by atoms with Gasteiger partial charge in [-0.05, 0) is 25.1 Å². The van der Waals surface area contributed by atoms with Crippen LogP contribution >= 0.6 is 23.2 Å². The monoisotopic (exact) mass is 272 g/mol. The van der Waals surface area contributed by atoms with Crippen molar-refractivity contribution in [1.82, 2.24) is 10.2 Å². The lowest BCUT2D eigenvalue weighted by atomic mass is 10.1. The molecule has 0 aliphatic carbocycles. The fourth-order valence-corrected chi connectivity index (χ4v) is 2.38. The average Bonchev–Trinajstić information content (AvgIpc) is 2.84. The van der Waals surface area contributed by atoms with Crippen molar-refractivity contribution in [3.8, 4) is 0 Å². The highest BCUT2D eigenvalue weighted by atomic mass is 35.5. The SMILES string of the molecule is CN(C(=O)c1cccc(Cl)c1Cl)[C@H]1CCNC1. The quantitative estimate of drug-likeness (QED) is 0.897. The third kappa shape index (κ3) is 2.57. The molecule has 1 aromatic rings. The maximum atomic E-state index is 12.3. The van der Waals surface area contributed by atoms with Crippen molar-refractivity contribution < 1.29 is 4.79 Å². The molecule has 1 aliphatic heterocycles. The summed E-state index contributed by atoms with van der Waals surface area (Å²) >= 11 is 12.0. The van der Waals surface area contributed by atoms with Gasteiger partial charge < -0.3 is 10.2 Å². The van der Waals surface area contributed by atoms with Gasteiger partial charge in [0.2, 0.25) is 0 Å². The van der Waals surface area contributed by atoms with Crippen LogP contribution in [0.2, 0.25) is 10.0 Å². The number of amides is 1. The summed E-state index contributed by atoms with van der Waals surface area (Å²) in [4.78, 5) is 14.0. The van der Waals surface area contributed by atoms with Gasteiger partial charge in [0, 0.05) is 19.6 Å². The average molecular weight is 273 g/mol. The first-order valence-corrected chi connectivity index (χ1v) is 6.28. The van der Waals surface area contributed by atoms with Gasteiger partial charge >= 0.3 is 0 Å². The zero-order chi connectivity index (χ0) is 12.4. The molecule has 0 bridgehead atoms. The van der Waals surface area contributed by atoms with E-state index in [-0.39, 0.29) is 11.9 Å². The van der Waals surface area contributed by atoms with Crippen LogP contribution in [0.1, 0.15) is 16.8 Å². The summed E-state index contributed by atoms with van der Waals surface area (Å²) in [5, 5.41) is 3.98. The lowest BCUT2D eigenvalue weighted by Gasteiger charge is -2.24. The summed E-state index contributed by atoms with van der Waals surface area (Å²) in [6.45, 7) is 1.78. The first-order valence-electron chi connectivity index (χ1n) is 5.53. The molecule has 1 N–H and O–H groups in total. The first-order chi connectivity index (χ1) is 8.11. The smallest absolute Gasteiger partial charge is 0.255 e. The standard InChI is InChI=1S/C12H14Cl2N2O/c1-16(8-5-6-15-7-8)12(17)9-3-2-4-10(13)11(9)14/h2-4,8,15H,5-7H2,1H3/t8-/m0/s1. The number of hydrogen-bond acceptors (Lipinski definition) is 2. The molecule has 0 saturated carbocycles. The van der Waals surface area contributed by atoms with E-state index in [1.807, 2.05) is 0 Å². The third-order valence-corrected chi connectivity index (χ3v) is 3.90. The van der Waals surface area contributed by atoms with E-state index in [1.165, 1.54) is 0 Å². The number of nitrogens with one attached hydrogen (secondary N) is 1. The largest absolute Gasteiger partial charge is 0.337 e. The fraction of sp³-hybridized carbons (Fsp3) is 0.417. The van der Waals surface area contributed by atoms with Crippen LogP contribution in [0.4, 0.5) is 0 Å². The van der Waals surface area contributed by atoms with Crippen LogP contribution < -0.4 is 5.32 Å². The van der Waals surface area contributed by atoms with Crippen molar-refractivity contribution in [3.63, 3.8) is 0 Å². The zero-order valence-corrected chi connectivity index (χ0v) is 11.1. The van der Waals surface area contributed by atoms with Gasteiger partial charge in [0.15, 0.2) is 0 Å². The topological polar surface area (TPSA) is 32.3 Å². The first kappa shape index (κ1) is 12.7. The van der Waals surface area contributed by atoms with Crippen molar-refractivity contribution in [2.45, 2.75) is 12.5 Å². The van der Waals surface area contributed by atoms with Crippen LogP contribution in [0.5, 0.6) is 0 Å². The molecule has 1 aromatic carbocycles. The van der Waals surface area contributed by atoms with Gasteiger partial charge in [-0.1, -0.05) is 29.3 Å².